The second-order valence-corrected chi connectivity index (χ2v) is 9.80. The van der Waals surface area contributed by atoms with Gasteiger partial charge in [-0.1, -0.05) is 60.7 Å². The molecule has 178 valence electrons. The van der Waals surface area contributed by atoms with Crippen LogP contribution in [-0.4, -0.2) is 19.4 Å². The number of carbonyl (C=O) groups excluding carboxylic acids is 1. The monoisotopic (exact) mass is 505 g/mol. The number of thiocarbonyl (C=S) groups is 1. The van der Waals surface area contributed by atoms with Gasteiger partial charge in [-0.15, -0.1) is 0 Å². The maximum absolute atomic E-state index is 13.2. The number of anilines is 1. The standard InChI is InChI=1S/C26H23N3O4S2/c30-25(24(19-8-3-1-4-9-19)20-10-5-2-6-11-20)29-26(34)28-21-13-15-23(16-14-21)35(31,32)27-18-22-12-7-17-33-22/h1-17,24,27H,18H2,(H2,28,29,30,34). The summed E-state index contributed by atoms with van der Waals surface area (Å²) in [6, 6.07) is 28.3. The van der Waals surface area contributed by atoms with Gasteiger partial charge < -0.3 is 15.1 Å². The number of amides is 1. The first-order valence-electron chi connectivity index (χ1n) is 10.8. The Kier molecular flexibility index (Phi) is 7.71. The summed E-state index contributed by atoms with van der Waals surface area (Å²) in [5.41, 5.74) is 2.22. The van der Waals surface area contributed by atoms with E-state index in [9.17, 15) is 13.2 Å². The Bertz CT molecular complexity index is 1330. The Hall–Kier alpha value is -3.79. The van der Waals surface area contributed by atoms with Crippen LogP contribution in [0.1, 0.15) is 22.8 Å². The molecule has 4 aromatic rings. The van der Waals surface area contributed by atoms with Crippen LogP contribution in [-0.2, 0) is 21.4 Å². The zero-order valence-electron chi connectivity index (χ0n) is 18.5. The number of nitrogens with one attached hydrogen (secondary N) is 3. The van der Waals surface area contributed by atoms with Crippen LogP contribution in [0.4, 0.5) is 5.69 Å². The molecule has 35 heavy (non-hydrogen) atoms. The maximum atomic E-state index is 13.2. The summed E-state index contributed by atoms with van der Waals surface area (Å²) in [6.45, 7) is 0.0510. The molecule has 0 radical (unpaired) electrons. The molecule has 1 heterocycles. The zero-order valence-corrected chi connectivity index (χ0v) is 20.2. The second-order valence-electron chi connectivity index (χ2n) is 7.63. The Morgan fingerprint density at radius 1 is 0.829 bits per heavy atom. The summed E-state index contributed by atoms with van der Waals surface area (Å²) in [4.78, 5) is 13.3. The molecule has 1 amide bonds. The van der Waals surface area contributed by atoms with Gasteiger partial charge in [0.15, 0.2) is 5.11 Å². The van der Waals surface area contributed by atoms with E-state index in [1.54, 1.807) is 24.3 Å². The van der Waals surface area contributed by atoms with Crippen molar-refractivity contribution in [1.29, 1.82) is 0 Å². The number of hydrogen-bond donors (Lipinski definition) is 3. The summed E-state index contributed by atoms with van der Waals surface area (Å²) in [5, 5.41) is 5.79. The molecular weight excluding hydrogens is 482 g/mol. The van der Waals surface area contributed by atoms with Gasteiger partial charge in [0.25, 0.3) is 0 Å². The maximum Gasteiger partial charge on any atom is 0.240 e. The van der Waals surface area contributed by atoms with Gasteiger partial charge in [-0.2, -0.15) is 0 Å². The fourth-order valence-electron chi connectivity index (χ4n) is 3.51. The van der Waals surface area contributed by atoms with Crippen LogP contribution < -0.4 is 15.4 Å². The van der Waals surface area contributed by atoms with E-state index < -0.39 is 15.9 Å². The van der Waals surface area contributed by atoms with Crippen molar-refractivity contribution in [3.05, 3.63) is 120 Å². The van der Waals surface area contributed by atoms with Gasteiger partial charge in [0.1, 0.15) is 5.76 Å². The van der Waals surface area contributed by atoms with E-state index in [2.05, 4.69) is 15.4 Å². The molecule has 9 heteroatoms. The van der Waals surface area contributed by atoms with Crippen molar-refractivity contribution in [3.8, 4) is 0 Å². The fourth-order valence-corrected chi connectivity index (χ4v) is 4.72. The van der Waals surface area contributed by atoms with Crippen LogP contribution in [0.15, 0.2) is 113 Å². The lowest BCUT2D eigenvalue weighted by Crippen LogP contribution is -2.37. The predicted octanol–water partition coefficient (Wildman–Crippen LogP) is 4.40. The lowest BCUT2D eigenvalue weighted by molar-refractivity contribution is -0.120. The van der Waals surface area contributed by atoms with E-state index >= 15 is 0 Å². The van der Waals surface area contributed by atoms with Crippen molar-refractivity contribution in [2.75, 3.05) is 5.32 Å². The molecule has 0 unspecified atom stereocenters. The zero-order chi connectivity index (χ0) is 24.7. The second kappa shape index (κ2) is 11.1. The van der Waals surface area contributed by atoms with E-state index in [0.717, 1.165) is 11.1 Å². The molecule has 1 aromatic heterocycles. The summed E-state index contributed by atoms with van der Waals surface area (Å²) in [5.74, 6) is -0.302. The molecule has 4 rings (SSSR count). The minimum absolute atomic E-state index is 0.0510. The van der Waals surface area contributed by atoms with E-state index in [-0.39, 0.29) is 22.5 Å². The van der Waals surface area contributed by atoms with Crippen molar-refractivity contribution in [1.82, 2.24) is 10.0 Å². The quantitative estimate of drug-likeness (QED) is 0.307. The van der Waals surface area contributed by atoms with E-state index in [0.29, 0.717) is 11.4 Å². The normalized spacial score (nSPS) is 11.2. The average Bonchev–Trinajstić information content (AvgIpc) is 3.39. The van der Waals surface area contributed by atoms with E-state index in [1.165, 1.54) is 18.4 Å². The molecule has 0 bridgehead atoms. The largest absolute Gasteiger partial charge is 0.468 e. The van der Waals surface area contributed by atoms with Crippen molar-refractivity contribution < 1.29 is 17.6 Å². The van der Waals surface area contributed by atoms with Crippen LogP contribution >= 0.6 is 12.2 Å². The Labute approximate surface area is 209 Å². The fraction of sp³-hybridized carbons (Fsp3) is 0.0769. The molecular formula is C26H23N3O4S2. The van der Waals surface area contributed by atoms with Crippen LogP contribution in [0.2, 0.25) is 0 Å². The summed E-state index contributed by atoms with van der Waals surface area (Å²) < 4.78 is 32.6. The minimum Gasteiger partial charge on any atom is -0.468 e. The highest BCUT2D eigenvalue weighted by Crippen LogP contribution is 2.25. The first kappa shape index (κ1) is 24.3. The molecule has 0 aliphatic carbocycles. The smallest absolute Gasteiger partial charge is 0.240 e. The van der Waals surface area contributed by atoms with Crippen LogP contribution in [0, 0.1) is 0 Å². The molecule has 0 atom stereocenters. The molecule has 0 aliphatic heterocycles. The summed E-state index contributed by atoms with van der Waals surface area (Å²) in [7, 11) is -3.71. The topological polar surface area (TPSA) is 100 Å². The van der Waals surface area contributed by atoms with E-state index in [1.807, 2.05) is 60.7 Å². The molecule has 0 saturated heterocycles. The van der Waals surface area contributed by atoms with E-state index in [4.69, 9.17) is 16.6 Å². The number of sulfonamides is 1. The van der Waals surface area contributed by atoms with Gasteiger partial charge in [0, 0.05) is 5.69 Å². The third kappa shape index (κ3) is 6.42. The summed E-state index contributed by atoms with van der Waals surface area (Å²) in [6.07, 6.45) is 1.48. The minimum atomic E-state index is -3.71. The summed E-state index contributed by atoms with van der Waals surface area (Å²) >= 11 is 5.34. The van der Waals surface area contributed by atoms with Gasteiger partial charge in [-0.05, 0) is 59.7 Å². The van der Waals surface area contributed by atoms with Gasteiger partial charge in [-0.3, -0.25) is 4.79 Å². The lowest BCUT2D eigenvalue weighted by atomic mass is 9.90. The first-order valence-corrected chi connectivity index (χ1v) is 12.7. The van der Waals surface area contributed by atoms with Crippen molar-refractivity contribution in [2.45, 2.75) is 17.4 Å². The van der Waals surface area contributed by atoms with Crippen LogP contribution in [0.3, 0.4) is 0 Å². The van der Waals surface area contributed by atoms with Crippen LogP contribution in [0.5, 0.6) is 0 Å². The molecule has 0 saturated carbocycles. The number of benzene rings is 3. The number of rotatable bonds is 8. The van der Waals surface area contributed by atoms with Gasteiger partial charge in [-0.25, -0.2) is 13.1 Å². The predicted molar refractivity (Wildman–Crippen MR) is 138 cm³/mol. The molecule has 0 fully saturated rings. The third-order valence-corrected chi connectivity index (χ3v) is 6.83. The Balaban J connectivity index is 1.40. The lowest BCUT2D eigenvalue weighted by Gasteiger charge is -2.18. The highest BCUT2D eigenvalue weighted by molar-refractivity contribution is 7.89. The molecule has 3 aromatic carbocycles. The van der Waals surface area contributed by atoms with Crippen molar-refractivity contribution >= 4 is 38.9 Å². The number of hydrogen-bond acceptors (Lipinski definition) is 5. The highest BCUT2D eigenvalue weighted by atomic mass is 32.2. The third-order valence-electron chi connectivity index (χ3n) is 5.20. The SMILES string of the molecule is O=C(NC(=S)Nc1ccc(S(=O)(=O)NCc2ccco2)cc1)C(c1ccccc1)c1ccccc1. The molecule has 0 spiro atoms. The average molecular weight is 506 g/mol. The molecule has 3 N–H and O–H groups in total. The Morgan fingerprint density at radius 3 is 1.97 bits per heavy atom. The van der Waals surface area contributed by atoms with Gasteiger partial charge in [0.2, 0.25) is 15.9 Å². The number of carbonyl (C=O) groups is 1. The Morgan fingerprint density at radius 2 is 1.43 bits per heavy atom. The van der Waals surface area contributed by atoms with Crippen molar-refractivity contribution in [2.24, 2.45) is 0 Å². The van der Waals surface area contributed by atoms with Crippen LogP contribution in [0.25, 0.3) is 0 Å². The van der Waals surface area contributed by atoms with Crippen molar-refractivity contribution in [3.63, 3.8) is 0 Å². The van der Waals surface area contributed by atoms with Gasteiger partial charge in [0.05, 0.1) is 23.6 Å². The number of furan rings is 1. The van der Waals surface area contributed by atoms with Gasteiger partial charge >= 0.3 is 0 Å². The first-order chi connectivity index (χ1) is 16.9. The molecule has 0 aliphatic rings. The molecule has 7 nitrogen and oxygen atoms in total. The highest BCUT2D eigenvalue weighted by Gasteiger charge is 2.23.